The third kappa shape index (κ3) is 15.0. The monoisotopic (exact) mass is 1250 g/mol. The van der Waals surface area contributed by atoms with Gasteiger partial charge in [-0.3, -0.25) is 4.79 Å². The van der Waals surface area contributed by atoms with E-state index in [1.165, 1.54) is 0 Å². The second-order valence-electron chi connectivity index (χ2n) is 21.3. The molecular weight excluding hydrogens is 1170 g/mol. The molecule has 0 aromatic rings. The van der Waals surface area contributed by atoms with Gasteiger partial charge in [0.1, 0.15) is 183 Å². The number of aliphatic hydroxyl groups is 24. The van der Waals surface area contributed by atoms with E-state index in [-0.39, 0.29) is 0 Å². The van der Waals surface area contributed by atoms with Crippen molar-refractivity contribution in [3.05, 3.63) is 0 Å². The molecule has 39 heteroatoms. The maximum atomic E-state index is 12.3. The molecule has 2 unspecified atom stereocenters. The van der Waals surface area contributed by atoms with Crippen LogP contribution in [-0.2, 0) is 66.4 Å². The highest BCUT2D eigenvalue weighted by Gasteiger charge is 2.59. The predicted molar refractivity (Wildman–Crippen MR) is 255 cm³/mol. The van der Waals surface area contributed by atoms with Gasteiger partial charge in [-0.25, -0.2) is 0 Å². The average molecular weight is 1250 g/mol. The average Bonchev–Trinajstić information content (AvgIpc) is 3.29. The van der Waals surface area contributed by atoms with Gasteiger partial charge in [0.25, 0.3) is 0 Å². The molecule has 85 heavy (non-hydrogen) atoms. The standard InChI is InChI=1S/C46H79NO38/c1-9(54)47-17-23(62)18(57)12(4-50)74-41(17)84-38-25(64)20(59)15(7-53)77-46(38)85-39-26(65)21(60)14(6-52)76-45(39)83-35-22(61)16(8-73-42-27(66)24(63)19(58)13(5-51)75-42)78-43(31(35)70)82-37-29(68)34(11(56)3-49)80-44(32(37)71)81-36-28(67)33(10(55)2-48)79-40(72)30(36)69/h10-46,48-53,55-72H,2-8H2,1H3,(H,47,54)/t10-,11-,12+,13+,14+,15+,16+,17+,18+,19-,20+,21-,22+,23+,24-,25-,26-,27+,28+,29+,30-,31+,32-,33+,34+,35-,36-,37-,38+,39+,40-,41+,42-,43?,44+,45?,46+/m0/s1. The maximum Gasteiger partial charge on any atom is 0.217 e. The molecule has 7 heterocycles. The second kappa shape index (κ2) is 30.4. The van der Waals surface area contributed by atoms with Crippen molar-refractivity contribution in [3.63, 3.8) is 0 Å². The van der Waals surface area contributed by atoms with Gasteiger partial charge in [-0.2, -0.15) is 0 Å². The summed E-state index contributed by atoms with van der Waals surface area (Å²) in [5, 5.41) is 262. The summed E-state index contributed by atoms with van der Waals surface area (Å²) in [4.78, 5) is 12.3. The fourth-order valence-corrected chi connectivity index (χ4v) is 10.7. The van der Waals surface area contributed by atoms with Crippen LogP contribution in [0.1, 0.15) is 6.92 Å². The van der Waals surface area contributed by atoms with Crippen molar-refractivity contribution in [3.8, 4) is 0 Å². The summed E-state index contributed by atoms with van der Waals surface area (Å²) in [6.07, 6.45) is -76.6. The normalized spacial score (nSPS) is 50.8. The Balaban J connectivity index is 1.23. The van der Waals surface area contributed by atoms with E-state index in [0.717, 1.165) is 6.92 Å². The minimum atomic E-state index is -2.54. The Kier molecular flexibility index (Phi) is 25.2. The third-order valence-corrected chi connectivity index (χ3v) is 15.6. The van der Waals surface area contributed by atoms with Gasteiger partial charge in [0.15, 0.2) is 44.0 Å². The number of hydrogen-bond donors (Lipinski definition) is 25. The molecule has 7 fully saturated rings. The first-order chi connectivity index (χ1) is 40.2. The molecule has 0 aromatic heterocycles. The highest BCUT2D eigenvalue weighted by molar-refractivity contribution is 5.73. The van der Waals surface area contributed by atoms with Crippen LogP contribution in [0.2, 0.25) is 0 Å². The highest BCUT2D eigenvalue weighted by Crippen LogP contribution is 2.38. The summed E-state index contributed by atoms with van der Waals surface area (Å²) >= 11 is 0. The van der Waals surface area contributed by atoms with Crippen LogP contribution in [0.4, 0.5) is 0 Å². The summed E-state index contributed by atoms with van der Waals surface area (Å²) in [7, 11) is 0. The molecular formula is C46H79NO38. The number of nitrogens with one attached hydrogen (secondary N) is 1. The van der Waals surface area contributed by atoms with Gasteiger partial charge >= 0.3 is 0 Å². The van der Waals surface area contributed by atoms with Crippen molar-refractivity contribution >= 4 is 5.91 Å². The Morgan fingerprint density at radius 1 is 0.365 bits per heavy atom. The van der Waals surface area contributed by atoms with Gasteiger partial charge in [-0.15, -0.1) is 0 Å². The lowest BCUT2D eigenvalue weighted by molar-refractivity contribution is -0.408. The summed E-state index contributed by atoms with van der Waals surface area (Å²) in [6, 6.07) is -1.72. The van der Waals surface area contributed by atoms with E-state index in [2.05, 4.69) is 5.32 Å². The predicted octanol–water partition coefficient (Wildman–Crippen LogP) is -17.4. The van der Waals surface area contributed by atoms with Crippen molar-refractivity contribution in [1.29, 1.82) is 0 Å². The molecule has 0 saturated carbocycles. The maximum absolute atomic E-state index is 12.3. The van der Waals surface area contributed by atoms with Crippen LogP contribution in [0.3, 0.4) is 0 Å². The Morgan fingerprint density at radius 3 is 1.20 bits per heavy atom. The fourth-order valence-electron chi connectivity index (χ4n) is 10.7. The van der Waals surface area contributed by atoms with Crippen molar-refractivity contribution in [2.75, 3.05) is 46.2 Å². The van der Waals surface area contributed by atoms with Crippen molar-refractivity contribution < 1.29 is 189 Å². The minimum absolute atomic E-state index is 0.834. The number of aliphatic hydroxyl groups excluding tert-OH is 24. The Morgan fingerprint density at radius 2 is 0.729 bits per heavy atom. The molecule has 0 bridgehead atoms. The SMILES string of the molecule is CC(=O)N[C@H]1[C@@H](O[C@H]2[C@@H](O[C@H]3C(O[C@H]4[C@H](O)[C@@H](CO[C@H]5O[C@H](CO)[C@H](O)[C@H](O)[C@H]5O)OC(O[C@@H]5[C@H](O)[C@@H](O[C@H]6[C@H](O)[C@@H]([C@@H](O)CO)O[C@H](O)[C@H]6O)O[C@H]([C@@H](O)CO)[C@H]5O)[C@@H]4O)O[C@H](CO)[C@H](O)[C@@H]3O)O[C@H](CO)[C@@H](O)[C@@H]2O)O[C@H](CO)[C@@H](O)[C@@H]1O. The van der Waals surface area contributed by atoms with Gasteiger partial charge in [0.05, 0.1) is 46.2 Å². The first kappa shape index (κ1) is 70.4. The summed E-state index contributed by atoms with van der Waals surface area (Å²) in [5.41, 5.74) is 0. The molecule has 0 aromatic carbocycles. The van der Waals surface area contributed by atoms with Gasteiger partial charge in [0.2, 0.25) is 5.91 Å². The molecule has 0 radical (unpaired) electrons. The van der Waals surface area contributed by atoms with Crippen LogP contribution >= 0.6 is 0 Å². The van der Waals surface area contributed by atoms with Crippen molar-refractivity contribution in [2.24, 2.45) is 0 Å². The third-order valence-electron chi connectivity index (χ3n) is 15.6. The van der Waals surface area contributed by atoms with Gasteiger partial charge in [-0.1, -0.05) is 0 Å². The summed E-state index contributed by atoms with van der Waals surface area (Å²) < 4.78 is 74.2. The van der Waals surface area contributed by atoms with Crippen molar-refractivity contribution in [2.45, 2.75) is 234 Å². The molecule has 0 aliphatic carbocycles. The Labute approximate surface area is 479 Å². The first-order valence-corrected chi connectivity index (χ1v) is 26.8. The van der Waals surface area contributed by atoms with Gasteiger partial charge in [0, 0.05) is 6.92 Å². The van der Waals surface area contributed by atoms with Gasteiger partial charge < -0.3 is 189 Å². The molecule has 1 amide bonds. The highest BCUT2D eigenvalue weighted by atomic mass is 16.8. The van der Waals surface area contributed by atoms with E-state index in [0.29, 0.717) is 0 Å². The first-order valence-electron chi connectivity index (χ1n) is 26.8. The minimum Gasteiger partial charge on any atom is -0.394 e. The van der Waals surface area contributed by atoms with E-state index in [4.69, 9.17) is 61.6 Å². The lowest BCUT2D eigenvalue weighted by Gasteiger charge is -2.51. The number of hydrogen-bond acceptors (Lipinski definition) is 38. The Hall–Kier alpha value is -2.01. The number of carbonyl (C=O) groups excluding carboxylic acids is 1. The van der Waals surface area contributed by atoms with Crippen LogP contribution in [0.15, 0.2) is 0 Å². The zero-order valence-corrected chi connectivity index (χ0v) is 44.8. The van der Waals surface area contributed by atoms with Crippen LogP contribution in [-0.4, -0.2) is 402 Å². The topological polar surface area (TPSA) is 635 Å². The van der Waals surface area contributed by atoms with E-state index in [1.807, 2.05) is 0 Å². The van der Waals surface area contributed by atoms with Gasteiger partial charge in [-0.05, 0) is 0 Å². The Bertz CT molecular complexity index is 2050. The van der Waals surface area contributed by atoms with Crippen LogP contribution in [0, 0.1) is 0 Å². The van der Waals surface area contributed by atoms with E-state index >= 15 is 0 Å². The van der Waals surface area contributed by atoms with E-state index < -0.39 is 279 Å². The van der Waals surface area contributed by atoms with E-state index in [1.54, 1.807) is 0 Å². The number of rotatable bonds is 22. The lowest BCUT2D eigenvalue weighted by atomic mass is 9.93. The summed E-state index contributed by atoms with van der Waals surface area (Å²) in [5.74, 6) is -0.834. The molecule has 37 atom stereocenters. The largest absolute Gasteiger partial charge is 0.394 e. The molecule has 39 nitrogen and oxygen atoms in total. The van der Waals surface area contributed by atoms with Crippen molar-refractivity contribution in [1.82, 2.24) is 5.32 Å². The fraction of sp³-hybridized carbons (Fsp3) is 0.978. The molecule has 496 valence electrons. The van der Waals surface area contributed by atoms with Crippen LogP contribution in [0.5, 0.6) is 0 Å². The zero-order valence-electron chi connectivity index (χ0n) is 44.8. The summed E-state index contributed by atoms with van der Waals surface area (Å²) in [6.45, 7) is -6.46. The quantitative estimate of drug-likeness (QED) is 0.0479. The smallest absolute Gasteiger partial charge is 0.217 e. The molecule has 7 aliphatic rings. The molecule has 7 saturated heterocycles. The molecule has 25 N–H and O–H groups in total. The number of ether oxygens (including phenoxy) is 13. The van der Waals surface area contributed by atoms with E-state index in [9.17, 15) is 127 Å². The molecule has 7 rings (SSSR count). The van der Waals surface area contributed by atoms with Crippen LogP contribution in [0.25, 0.3) is 0 Å². The molecule has 0 spiro atoms. The number of carbonyl (C=O) groups is 1. The van der Waals surface area contributed by atoms with Crippen LogP contribution < -0.4 is 5.32 Å². The lowest BCUT2D eigenvalue weighted by Crippen LogP contribution is -2.70. The molecule has 7 aliphatic heterocycles. The zero-order chi connectivity index (χ0) is 62.8. The number of amides is 1. The second-order valence-corrected chi connectivity index (χ2v) is 21.3.